The average Bonchev–Trinajstić information content (AvgIpc) is 3.26. The molecule has 1 fully saturated rings. The van der Waals surface area contributed by atoms with Gasteiger partial charge in [0.1, 0.15) is 0 Å². The van der Waals surface area contributed by atoms with Crippen molar-refractivity contribution in [2.24, 2.45) is 11.8 Å². The third-order valence-corrected chi connectivity index (χ3v) is 8.72. The number of carbonyl (C=O) groups is 1. The summed E-state index contributed by atoms with van der Waals surface area (Å²) in [6, 6.07) is -0.764. The summed E-state index contributed by atoms with van der Waals surface area (Å²) in [6.07, 6.45) is 27.7. The molecular formula is C36H65NO6. The standard InChI is InChI=1S/C36H65NO6/c1-3-5-7-8-9-10-11-12-13-14-15-16-18-23-33(40)32(28-38)37-36(43)24-20-19-22-30-31(35(42)27-34(30)41)26-25-29(39)21-17-6-4-2/h18-20,23,25-26,29-35,38-42H,3-17,21-22,24,27-28H2,1-2H3,(H,37,43)/b20-19-,23-18+,26-25+/t29-,30+,31-,32+,33-,34+,35-/m1/s1. The molecule has 7 atom stereocenters. The van der Waals surface area contributed by atoms with Gasteiger partial charge in [0.2, 0.25) is 5.91 Å². The smallest absolute Gasteiger partial charge is 0.224 e. The fraction of sp³-hybridized carbons (Fsp3) is 0.806. The molecule has 6 N–H and O–H groups in total. The van der Waals surface area contributed by atoms with Crippen molar-refractivity contribution in [3.05, 3.63) is 36.5 Å². The zero-order valence-electron chi connectivity index (χ0n) is 27.3. The SMILES string of the molecule is CCCCCCCCCCCCC/C=C/[C@@H](O)[C@H](CO)NC(=O)C/C=C\C[C@H]1[C@@H](/C=C/[C@H](O)CCCCC)[C@H](O)C[C@@H]1O. The number of carbonyl (C=O) groups excluding carboxylic acids is 1. The van der Waals surface area contributed by atoms with E-state index in [4.69, 9.17) is 0 Å². The average molecular weight is 608 g/mol. The van der Waals surface area contributed by atoms with Gasteiger partial charge in [-0.3, -0.25) is 4.79 Å². The number of rotatable bonds is 26. The van der Waals surface area contributed by atoms with Crippen LogP contribution in [-0.2, 0) is 4.79 Å². The maximum Gasteiger partial charge on any atom is 0.224 e. The number of allylic oxidation sites excluding steroid dienone is 2. The Kier molecular flexibility index (Phi) is 23.7. The van der Waals surface area contributed by atoms with Crippen LogP contribution in [0.15, 0.2) is 36.5 Å². The molecule has 1 rings (SSSR count). The van der Waals surface area contributed by atoms with E-state index >= 15 is 0 Å². The predicted octanol–water partition coefficient (Wildman–Crippen LogP) is 6.27. The largest absolute Gasteiger partial charge is 0.394 e. The number of hydrogen-bond acceptors (Lipinski definition) is 6. The van der Waals surface area contributed by atoms with Crippen LogP contribution in [0.5, 0.6) is 0 Å². The summed E-state index contributed by atoms with van der Waals surface area (Å²) in [4.78, 5) is 12.4. The zero-order valence-corrected chi connectivity index (χ0v) is 27.3. The fourth-order valence-electron chi connectivity index (χ4n) is 5.91. The summed E-state index contributed by atoms with van der Waals surface area (Å²) in [5, 5.41) is 53.9. The van der Waals surface area contributed by atoms with Gasteiger partial charge < -0.3 is 30.8 Å². The van der Waals surface area contributed by atoms with Crippen LogP contribution in [0.2, 0.25) is 0 Å². The summed E-state index contributed by atoms with van der Waals surface area (Å²) in [6.45, 7) is 4.01. The minimum Gasteiger partial charge on any atom is -0.394 e. The van der Waals surface area contributed by atoms with Crippen LogP contribution in [0.1, 0.15) is 136 Å². The molecule has 0 spiro atoms. The Morgan fingerprint density at radius 1 is 0.791 bits per heavy atom. The lowest BCUT2D eigenvalue weighted by Gasteiger charge is -2.20. The maximum absolute atomic E-state index is 12.4. The van der Waals surface area contributed by atoms with Gasteiger partial charge in [-0.25, -0.2) is 0 Å². The Bertz CT molecular complexity index is 769. The van der Waals surface area contributed by atoms with Gasteiger partial charge in [0, 0.05) is 18.8 Å². The van der Waals surface area contributed by atoms with Gasteiger partial charge >= 0.3 is 0 Å². The van der Waals surface area contributed by atoms with E-state index in [2.05, 4.69) is 19.2 Å². The molecule has 0 aliphatic heterocycles. The Balaban J connectivity index is 2.30. The van der Waals surface area contributed by atoms with Gasteiger partial charge in [0.25, 0.3) is 0 Å². The molecule has 0 aromatic carbocycles. The number of unbranched alkanes of at least 4 members (excludes halogenated alkanes) is 13. The highest BCUT2D eigenvalue weighted by atomic mass is 16.3. The minimum absolute atomic E-state index is 0.0910. The fourth-order valence-corrected chi connectivity index (χ4v) is 5.91. The quantitative estimate of drug-likeness (QED) is 0.0508. The highest BCUT2D eigenvalue weighted by molar-refractivity contribution is 5.77. The molecule has 0 heterocycles. The first-order valence-corrected chi connectivity index (χ1v) is 17.5. The summed E-state index contributed by atoms with van der Waals surface area (Å²) < 4.78 is 0. The van der Waals surface area contributed by atoms with Crippen molar-refractivity contribution < 1.29 is 30.3 Å². The minimum atomic E-state index is -0.953. The molecule has 1 saturated carbocycles. The Morgan fingerprint density at radius 3 is 2.02 bits per heavy atom. The normalized spacial score (nSPS) is 23.0. The topological polar surface area (TPSA) is 130 Å². The van der Waals surface area contributed by atoms with Crippen molar-refractivity contribution in [1.82, 2.24) is 5.32 Å². The van der Waals surface area contributed by atoms with Gasteiger partial charge in [-0.15, -0.1) is 0 Å². The van der Waals surface area contributed by atoms with E-state index in [1.807, 2.05) is 18.2 Å². The van der Waals surface area contributed by atoms with Gasteiger partial charge in [-0.1, -0.05) is 134 Å². The monoisotopic (exact) mass is 607 g/mol. The van der Waals surface area contributed by atoms with Crippen LogP contribution in [0.3, 0.4) is 0 Å². The van der Waals surface area contributed by atoms with Crippen molar-refractivity contribution in [3.8, 4) is 0 Å². The number of amides is 1. The van der Waals surface area contributed by atoms with Crippen LogP contribution < -0.4 is 5.32 Å². The number of aliphatic hydroxyl groups is 5. The molecule has 1 amide bonds. The third-order valence-electron chi connectivity index (χ3n) is 8.72. The number of aliphatic hydroxyl groups excluding tert-OH is 5. The van der Waals surface area contributed by atoms with Gasteiger partial charge in [0.05, 0.1) is 37.1 Å². The Morgan fingerprint density at radius 2 is 1.40 bits per heavy atom. The zero-order chi connectivity index (χ0) is 31.7. The van der Waals surface area contributed by atoms with Crippen molar-refractivity contribution in [3.63, 3.8) is 0 Å². The Labute approximate surface area is 262 Å². The van der Waals surface area contributed by atoms with Gasteiger partial charge in [0.15, 0.2) is 0 Å². The molecule has 0 unspecified atom stereocenters. The molecule has 7 nitrogen and oxygen atoms in total. The lowest BCUT2D eigenvalue weighted by atomic mass is 9.89. The molecule has 250 valence electrons. The van der Waals surface area contributed by atoms with Crippen LogP contribution in [0.25, 0.3) is 0 Å². The van der Waals surface area contributed by atoms with E-state index < -0.39 is 30.5 Å². The Hall–Kier alpha value is -1.51. The molecule has 43 heavy (non-hydrogen) atoms. The summed E-state index contributed by atoms with van der Waals surface area (Å²) >= 11 is 0. The first-order valence-electron chi connectivity index (χ1n) is 17.5. The molecule has 1 aliphatic rings. The second-order valence-electron chi connectivity index (χ2n) is 12.6. The lowest BCUT2D eigenvalue weighted by molar-refractivity contribution is -0.122. The highest BCUT2D eigenvalue weighted by Gasteiger charge is 2.39. The number of hydrogen-bond donors (Lipinski definition) is 6. The van der Waals surface area contributed by atoms with E-state index in [1.54, 1.807) is 18.2 Å². The maximum atomic E-state index is 12.4. The van der Waals surface area contributed by atoms with Crippen LogP contribution in [-0.4, -0.2) is 68.5 Å². The molecule has 0 saturated heterocycles. The molecule has 0 aromatic heterocycles. The van der Waals surface area contributed by atoms with Crippen molar-refractivity contribution >= 4 is 5.91 Å². The van der Waals surface area contributed by atoms with Crippen LogP contribution in [0, 0.1) is 11.8 Å². The summed E-state index contributed by atoms with van der Waals surface area (Å²) in [5.74, 6) is -0.738. The van der Waals surface area contributed by atoms with E-state index in [0.717, 1.165) is 32.1 Å². The molecular weight excluding hydrogens is 542 g/mol. The van der Waals surface area contributed by atoms with Crippen molar-refractivity contribution in [1.29, 1.82) is 0 Å². The predicted molar refractivity (Wildman–Crippen MR) is 177 cm³/mol. The first-order chi connectivity index (χ1) is 20.8. The van der Waals surface area contributed by atoms with E-state index in [0.29, 0.717) is 19.3 Å². The van der Waals surface area contributed by atoms with Crippen LogP contribution in [0.4, 0.5) is 0 Å². The second kappa shape index (κ2) is 25.8. The molecule has 1 aliphatic carbocycles. The molecule has 0 radical (unpaired) electrons. The summed E-state index contributed by atoms with van der Waals surface area (Å²) in [7, 11) is 0. The summed E-state index contributed by atoms with van der Waals surface area (Å²) in [5.41, 5.74) is 0. The number of nitrogens with one attached hydrogen (secondary N) is 1. The van der Waals surface area contributed by atoms with E-state index in [9.17, 15) is 30.3 Å². The van der Waals surface area contributed by atoms with E-state index in [-0.39, 0.29) is 30.8 Å². The first kappa shape index (κ1) is 39.5. The van der Waals surface area contributed by atoms with Gasteiger partial charge in [-0.2, -0.15) is 0 Å². The molecule has 7 heteroatoms. The van der Waals surface area contributed by atoms with Crippen molar-refractivity contribution in [2.75, 3.05) is 6.61 Å². The van der Waals surface area contributed by atoms with Crippen molar-refractivity contribution in [2.45, 2.75) is 166 Å². The van der Waals surface area contributed by atoms with E-state index in [1.165, 1.54) is 64.2 Å². The molecule has 0 aromatic rings. The van der Waals surface area contributed by atoms with Crippen LogP contribution >= 0.6 is 0 Å². The highest BCUT2D eigenvalue weighted by Crippen LogP contribution is 2.36. The lowest BCUT2D eigenvalue weighted by Crippen LogP contribution is -2.44. The van der Waals surface area contributed by atoms with Gasteiger partial charge in [-0.05, 0) is 31.6 Å². The third kappa shape index (κ3) is 18.8. The molecule has 0 bridgehead atoms. The second-order valence-corrected chi connectivity index (χ2v) is 12.6.